The van der Waals surface area contributed by atoms with Crippen molar-refractivity contribution in [3.63, 3.8) is 0 Å². The largest absolute Gasteiger partial charge is 0.388 e. The van der Waals surface area contributed by atoms with Gasteiger partial charge in [0, 0.05) is 5.92 Å². The monoisotopic (exact) mass is 244 g/mol. The molecule has 0 heterocycles. The molecule has 0 amide bonds. The van der Waals surface area contributed by atoms with Crippen LogP contribution in [0.3, 0.4) is 0 Å². The summed E-state index contributed by atoms with van der Waals surface area (Å²) in [6.45, 7) is 11.9. The summed E-state index contributed by atoms with van der Waals surface area (Å²) in [6.07, 6.45) is 2.78. The number of hydrogen-bond donors (Lipinski definition) is 1. The quantitative estimate of drug-likeness (QED) is 0.668. The highest BCUT2D eigenvalue weighted by Gasteiger charge is 2.25. The van der Waals surface area contributed by atoms with E-state index in [1.807, 2.05) is 20.8 Å². The zero-order valence-corrected chi connectivity index (χ0v) is 12.1. The molecule has 0 saturated heterocycles. The first-order chi connectivity index (χ1) is 7.56. The van der Waals surface area contributed by atoms with E-state index in [4.69, 9.17) is 4.74 Å². The van der Waals surface area contributed by atoms with Crippen molar-refractivity contribution in [2.24, 2.45) is 11.8 Å². The van der Waals surface area contributed by atoms with Gasteiger partial charge in [0.05, 0.1) is 17.8 Å². The lowest BCUT2D eigenvalue weighted by atomic mass is 9.88. The second-order valence-corrected chi connectivity index (χ2v) is 6.52. The smallest absolute Gasteiger partial charge is 0.122 e. The maximum absolute atomic E-state index is 10.6. The van der Waals surface area contributed by atoms with Crippen LogP contribution in [-0.2, 0) is 9.53 Å². The summed E-state index contributed by atoms with van der Waals surface area (Å²) in [5.41, 5.74) is -1.06. The molecule has 2 unspecified atom stereocenters. The fourth-order valence-corrected chi connectivity index (χ4v) is 2.04. The third-order valence-corrected chi connectivity index (χ3v) is 2.66. The van der Waals surface area contributed by atoms with Gasteiger partial charge in [-0.05, 0) is 46.5 Å². The van der Waals surface area contributed by atoms with Crippen molar-refractivity contribution in [1.29, 1.82) is 0 Å². The molecule has 0 aliphatic heterocycles. The molecule has 0 bridgehead atoms. The predicted molar refractivity (Wildman–Crippen MR) is 70.0 cm³/mol. The number of rotatable bonds is 8. The van der Waals surface area contributed by atoms with E-state index < -0.39 is 5.60 Å². The van der Waals surface area contributed by atoms with Gasteiger partial charge in [0.25, 0.3) is 0 Å². The van der Waals surface area contributed by atoms with E-state index >= 15 is 0 Å². The molecular weight excluding hydrogens is 216 g/mol. The summed E-state index contributed by atoms with van der Waals surface area (Å²) >= 11 is 0. The Hall–Kier alpha value is -0.410. The summed E-state index contributed by atoms with van der Waals surface area (Å²) in [7, 11) is 0. The minimum absolute atomic E-state index is 0.107. The molecule has 1 N–H and O–H groups in total. The molecule has 0 saturated carbocycles. The lowest BCUT2D eigenvalue weighted by Crippen LogP contribution is -2.35. The van der Waals surface area contributed by atoms with Crippen LogP contribution in [0.4, 0.5) is 0 Å². The van der Waals surface area contributed by atoms with Gasteiger partial charge in [0.2, 0.25) is 0 Å². The van der Waals surface area contributed by atoms with E-state index in [0.29, 0.717) is 12.5 Å². The first-order valence-corrected chi connectivity index (χ1v) is 6.37. The predicted octanol–water partition coefficient (Wildman–Crippen LogP) is 2.80. The summed E-state index contributed by atoms with van der Waals surface area (Å²) in [5.74, 6) is 0.544. The van der Waals surface area contributed by atoms with Crippen LogP contribution < -0.4 is 0 Å². The Balaban J connectivity index is 4.10. The van der Waals surface area contributed by atoms with Crippen molar-refractivity contribution in [3.8, 4) is 0 Å². The molecule has 0 fully saturated rings. The van der Waals surface area contributed by atoms with Crippen LogP contribution in [0.5, 0.6) is 0 Å². The number of carbonyl (C=O) groups excluding carboxylic acids is 1. The fraction of sp³-hybridized carbons (Fsp3) is 0.929. The number of carbonyl (C=O) groups is 1. The van der Waals surface area contributed by atoms with Gasteiger partial charge in [0.15, 0.2) is 0 Å². The van der Waals surface area contributed by atoms with E-state index in [0.717, 1.165) is 19.1 Å². The van der Waals surface area contributed by atoms with Crippen LogP contribution in [0.15, 0.2) is 0 Å². The molecule has 0 rings (SSSR count). The highest BCUT2D eigenvalue weighted by atomic mass is 16.5. The van der Waals surface area contributed by atoms with Crippen LogP contribution in [0.2, 0.25) is 0 Å². The molecule has 2 atom stereocenters. The number of aliphatic hydroxyl groups is 1. The molecule has 0 aliphatic rings. The molecule has 0 aromatic carbocycles. The third kappa shape index (κ3) is 9.31. The van der Waals surface area contributed by atoms with E-state index in [2.05, 4.69) is 6.92 Å². The summed E-state index contributed by atoms with van der Waals surface area (Å²) in [6, 6.07) is 0. The van der Waals surface area contributed by atoms with Crippen LogP contribution in [-0.4, -0.2) is 29.2 Å². The first-order valence-electron chi connectivity index (χ1n) is 6.37. The average Bonchev–Trinajstić information content (AvgIpc) is 2.12. The molecule has 0 spiro atoms. The molecule has 3 nitrogen and oxygen atoms in total. The van der Waals surface area contributed by atoms with Gasteiger partial charge in [-0.1, -0.05) is 13.8 Å². The fourth-order valence-electron chi connectivity index (χ4n) is 2.04. The lowest BCUT2D eigenvalue weighted by molar-refractivity contribution is -0.112. The normalized spacial score (nSPS) is 16.6. The van der Waals surface area contributed by atoms with Crippen molar-refractivity contribution in [2.75, 3.05) is 6.61 Å². The Morgan fingerprint density at radius 2 is 1.76 bits per heavy atom. The standard InChI is InChI=1S/C14H28O3/c1-11(7-12(2)9-15)8-14(5,6)17-10-13(3,4)16/h9,11-12,16H,7-8,10H2,1-6H3. The molecule has 0 aromatic heterocycles. The Morgan fingerprint density at radius 1 is 1.24 bits per heavy atom. The van der Waals surface area contributed by atoms with Gasteiger partial charge in [-0.25, -0.2) is 0 Å². The molecule has 102 valence electrons. The molecule has 17 heavy (non-hydrogen) atoms. The van der Waals surface area contributed by atoms with E-state index in [1.165, 1.54) is 0 Å². The van der Waals surface area contributed by atoms with Gasteiger partial charge in [0.1, 0.15) is 6.29 Å². The molecule has 3 heteroatoms. The SMILES string of the molecule is CC(C=O)CC(C)CC(C)(C)OCC(C)(C)O. The first kappa shape index (κ1) is 16.6. The Morgan fingerprint density at radius 3 is 2.18 bits per heavy atom. The highest BCUT2D eigenvalue weighted by Crippen LogP contribution is 2.25. The topological polar surface area (TPSA) is 46.5 Å². The molecular formula is C14H28O3. The van der Waals surface area contributed by atoms with E-state index in [-0.39, 0.29) is 11.5 Å². The Kier molecular flexibility index (Phi) is 6.35. The summed E-state index contributed by atoms with van der Waals surface area (Å²) in [5, 5.41) is 9.63. The number of aldehydes is 1. The highest BCUT2D eigenvalue weighted by molar-refractivity contribution is 5.52. The van der Waals surface area contributed by atoms with Crippen molar-refractivity contribution >= 4 is 6.29 Å². The summed E-state index contributed by atoms with van der Waals surface area (Å²) < 4.78 is 5.74. The maximum Gasteiger partial charge on any atom is 0.122 e. The van der Waals surface area contributed by atoms with Gasteiger partial charge in [-0.15, -0.1) is 0 Å². The van der Waals surface area contributed by atoms with Crippen LogP contribution in [0.25, 0.3) is 0 Å². The number of ether oxygens (including phenoxy) is 1. The summed E-state index contributed by atoms with van der Waals surface area (Å²) in [4.78, 5) is 10.6. The zero-order valence-electron chi connectivity index (χ0n) is 12.1. The minimum Gasteiger partial charge on any atom is -0.388 e. The van der Waals surface area contributed by atoms with Gasteiger partial charge in [-0.3, -0.25) is 0 Å². The minimum atomic E-state index is -0.795. The van der Waals surface area contributed by atoms with Gasteiger partial charge in [-0.2, -0.15) is 0 Å². The maximum atomic E-state index is 10.6. The van der Waals surface area contributed by atoms with Crippen molar-refractivity contribution < 1.29 is 14.6 Å². The van der Waals surface area contributed by atoms with Crippen molar-refractivity contribution in [1.82, 2.24) is 0 Å². The second-order valence-electron chi connectivity index (χ2n) is 6.52. The van der Waals surface area contributed by atoms with Crippen LogP contribution in [0, 0.1) is 11.8 Å². The second kappa shape index (κ2) is 6.50. The Labute approximate surface area is 106 Å². The Bertz CT molecular complexity index is 228. The van der Waals surface area contributed by atoms with Gasteiger partial charge < -0.3 is 14.6 Å². The third-order valence-electron chi connectivity index (χ3n) is 2.66. The number of hydrogen-bond acceptors (Lipinski definition) is 3. The van der Waals surface area contributed by atoms with Crippen molar-refractivity contribution in [2.45, 2.75) is 65.6 Å². The average molecular weight is 244 g/mol. The van der Waals surface area contributed by atoms with Gasteiger partial charge >= 0.3 is 0 Å². The van der Waals surface area contributed by atoms with Crippen LogP contribution in [0.1, 0.15) is 54.4 Å². The molecule has 0 aromatic rings. The zero-order chi connectivity index (χ0) is 13.7. The van der Waals surface area contributed by atoms with Crippen molar-refractivity contribution in [3.05, 3.63) is 0 Å². The van der Waals surface area contributed by atoms with Crippen LogP contribution >= 0.6 is 0 Å². The van der Waals surface area contributed by atoms with E-state index in [9.17, 15) is 9.90 Å². The molecule has 0 aliphatic carbocycles. The van der Waals surface area contributed by atoms with E-state index in [1.54, 1.807) is 13.8 Å². The lowest BCUT2D eigenvalue weighted by Gasteiger charge is -2.31. The molecule has 0 radical (unpaired) electrons.